The van der Waals surface area contributed by atoms with Crippen LogP contribution in [0.4, 0.5) is 4.39 Å². The molecule has 0 unspecified atom stereocenters. The first-order chi connectivity index (χ1) is 15.1. The number of amides is 1. The number of fused-ring (bicyclic) bond motifs is 1. The molecule has 5 rings (SSSR count). The first kappa shape index (κ1) is 19.2. The minimum absolute atomic E-state index is 0.0441. The van der Waals surface area contributed by atoms with Crippen LogP contribution in [-0.2, 0) is 11.3 Å². The van der Waals surface area contributed by atoms with Crippen molar-refractivity contribution in [2.75, 3.05) is 13.1 Å². The summed E-state index contributed by atoms with van der Waals surface area (Å²) in [4.78, 5) is 31.2. The summed E-state index contributed by atoms with van der Waals surface area (Å²) in [7, 11) is 0. The standard InChI is InChI=1S/C22H20FN5O3/c23-16-7-5-14(6-8-16)20-24-21(26-25-20)15-9-11-27(12-10-15)19(29)13-28-17-3-1-2-4-18(17)31-22(28)30/h1-8,15H,9-13H2,(H,24,25,26). The van der Waals surface area contributed by atoms with Crippen molar-refractivity contribution in [2.24, 2.45) is 0 Å². The number of oxazole rings is 1. The smallest absolute Gasteiger partial charge is 0.408 e. The van der Waals surface area contributed by atoms with E-state index in [2.05, 4.69) is 15.2 Å². The third kappa shape index (κ3) is 3.74. The van der Waals surface area contributed by atoms with Crippen molar-refractivity contribution in [3.8, 4) is 11.4 Å². The normalized spacial score (nSPS) is 14.9. The number of benzene rings is 2. The maximum absolute atomic E-state index is 13.1. The highest BCUT2D eigenvalue weighted by molar-refractivity contribution is 5.79. The molecule has 1 aliphatic rings. The van der Waals surface area contributed by atoms with Gasteiger partial charge in [-0.1, -0.05) is 12.1 Å². The van der Waals surface area contributed by atoms with Crippen LogP contribution in [0.3, 0.4) is 0 Å². The highest BCUT2D eigenvalue weighted by atomic mass is 19.1. The van der Waals surface area contributed by atoms with Crippen LogP contribution in [0.15, 0.2) is 57.7 Å². The van der Waals surface area contributed by atoms with Gasteiger partial charge < -0.3 is 9.32 Å². The van der Waals surface area contributed by atoms with E-state index in [-0.39, 0.29) is 24.2 Å². The lowest BCUT2D eigenvalue weighted by Gasteiger charge is -2.31. The van der Waals surface area contributed by atoms with E-state index in [1.54, 1.807) is 41.3 Å². The minimum atomic E-state index is -0.528. The van der Waals surface area contributed by atoms with E-state index in [0.717, 1.165) is 24.2 Å². The fourth-order valence-corrected chi connectivity index (χ4v) is 3.99. The van der Waals surface area contributed by atoms with Crippen molar-refractivity contribution < 1.29 is 13.6 Å². The fourth-order valence-electron chi connectivity index (χ4n) is 3.99. The van der Waals surface area contributed by atoms with Gasteiger partial charge in [0.2, 0.25) is 5.91 Å². The van der Waals surface area contributed by atoms with Gasteiger partial charge in [0.25, 0.3) is 0 Å². The molecule has 8 nitrogen and oxygen atoms in total. The third-order valence-corrected chi connectivity index (χ3v) is 5.71. The van der Waals surface area contributed by atoms with Crippen LogP contribution in [0.25, 0.3) is 22.5 Å². The van der Waals surface area contributed by atoms with E-state index in [0.29, 0.717) is 30.0 Å². The Balaban J connectivity index is 1.23. The Labute approximate surface area is 176 Å². The van der Waals surface area contributed by atoms with Gasteiger partial charge in [0.1, 0.15) is 18.2 Å². The van der Waals surface area contributed by atoms with Crippen LogP contribution in [-0.4, -0.2) is 43.6 Å². The number of carbonyl (C=O) groups excluding carboxylic acids is 1. The molecule has 9 heteroatoms. The first-order valence-electron chi connectivity index (χ1n) is 10.1. The molecule has 0 aliphatic carbocycles. The molecule has 2 aromatic carbocycles. The molecule has 4 aromatic rings. The quantitative estimate of drug-likeness (QED) is 0.547. The molecule has 3 heterocycles. The highest BCUT2D eigenvalue weighted by Gasteiger charge is 2.27. The summed E-state index contributed by atoms with van der Waals surface area (Å²) in [5.41, 5.74) is 1.83. The number of hydrogen-bond donors (Lipinski definition) is 1. The Hall–Kier alpha value is -3.75. The number of aromatic nitrogens is 4. The summed E-state index contributed by atoms with van der Waals surface area (Å²) >= 11 is 0. The van der Waals surface area contributed by atoms with E-state index < -0.39 is 5.76 Å². The molecule has 0 saturated carbocycles. The second kappa shape index (κ2) is 7.82. The van der Waals surface area contributed by atoms with Gasteiger partial charge in [0.15, 0.2) is 11.4 Å². The predicted octanol–water partition coefficient (Wildman–Crippen LogP) is 2.92. The topological polar surface area (TPSA) is 97.0 Å². The summed E-state index contributed by atoms with van der Waals surface area (Å²) in [6, 6.07) is 13.1. The van der Waals surface area contributed by atoms with Crippen molar-refractivity contribution in [3.63, 3.8) is 0 Å². The number of carbonyl (C=O) groups is 1. The number of hydrogen-bond acceptors (Lipinski definition) is 5. The Morgan fingerprint density at radius 1 is 1.13 bits per heavy atom. The molecule has 1 N–H and O–H groups in total. The van der Waals surface area contributed by atoms with Crippen LogP contribution in [0.1, 0.15) is 24.6 Å². The van der Waals surface area contributed by atoms with E-state index >= 15 is 0 Å². The van der Waals surface area contributed by atoms with Crippen LogP contribution < -0.4 is 5.76 Å². The van der Waals surface area contributed by atoms with Crippen LogP contribution in [0.5, 0.6) is 0 Å². The van der Waals surface area contributed by atoms with E-state index in [1.807, 2.05) is 0 Å². The van der Waals surface area contributed by atoms with Crippen LogP contribution in [0.2, 0.25) is 0 Å². The molecule has 2 aromatic heterocycles. The SMILES string of the molecule is O=C(Cn1c(=O)oc2ccccc21)N1CCC(c2nc(-c3ccc(F)cc3)n[nH]2)CC1. The lowest BCUT2D eigenvalue weighted by Crippen LogP contribution is -2.40. The molecule has 0 atom stereocenters. The molecule has 0 bridgehead atoms. The Morgan fingerprint density at radius 2 is 1.87 bits per heavy atom. The van der Waals surface area contributed by atoms with Gasteiger partial charge in [-0.2, -0.15) is 5.10 Å². The zero-order valence-corrected chi connectivity index (χ0v) is 16.6. The Bertz CT molecular complexity index is 1280. The van der Waals surface area contributed by atoms with Gasteiger partial charge in [-0.3, -0.25) is 14.5 Å². The molecule has 0 spiro atoms. The van der Waals surface area contributed by atoms with Crippen molar-refractivity contribution in [1.29, 1.82) is 0 Å². The summed E-state index contributed by atoms with van der Waals surface area (Å²) < 4.78 is 19.7. The van der Waals surface area contributed by atoms with E-state index in [4.69, 9.17) is 4.42 Å². The first-order valence-corrected chi connectivity index (χ1v) is 10.1. The molecule has 1 amide bonds. The molecular formula is C22H20FN5O3. The second-order valence-electron chi connectivity index (χ2n) is 7.63. The van der Waals surface area contributed by atoms with E-state index in [1.165, 1.54) is 16.7 Å². The van der Waals surface area contributed by atoms with Gasteiger partial charge in [-0.05, 0) is 49.2 Å². The van der Waals surface area contributed by atoms with Crippen molar-refractivity contribution in [3.05, 3.63) is 70.7 Å². The van der Waals surface area contributed by atoms with Gasteiger partial charge >= 0.3 is 5.76 Å². The number of para-hydroxylation sites is 2. The minimum Gasteiger partial charge on any atom is -0.408 e. The van der Waals surface area contributed by atoms with Crippen LogP contribution >= 0.6 is 0 Å². The zero-order valence-electron chi connectivity index (χ0n) is 16.6. The van der Waals surface area contributed by atoms with E-state index in [9.17, 15) is 14.0 Å². The average Bonchev–Trinajstić information content (AvgIpc) is 3.40. The number of aromatic amines is 1. The average molecular weight is 421 g/mol. The third-order valence-electron chi connectivity index (χ3n) is 5.71. The maximum atomic E-state index is 13.1. The molecule has 1 saturated heterocycles. The maximum Gasteiger partial charge on any atom is 0.420 e. The summed E-state index contributed by atoms with van der Waals surface area (Å²) in [6.07, 6.45) is 1.48. The number of rotatable bonds is 4. The van der Waals surface area contributed by atoms with Crippen LogP contribution in [0, 0.1) is 5.82 Å². The zero-order chi connectivity index (χ0) is 21.4. The summed E-state index contributed by atoms with van der Waals surface area (Å²) in [6.45, 7) is 1.10. The highest BCUT2D eigenvalue weighted by Crippen LogP contribution is 2.27. The lowest BCUT2D eigenvalue weighted by atomic mass is 9.96. The van der Waals surface area contributed by atoms with Gasteiger partial charge in [-0.15, -0.1) is 0 Å². The van der Waals surface area contributed by atoms with Gasteiger partial charge in [0, 0.05) is 24.6 Å². The summed E-state index contributed by atoms with van der Waals surface area (Å²) in [5.74, 6) is 0.504. The fraction of sp³-hybridized carbons (Fsp3) is 0.273. The van der Waals surface area contributed by atoms with Gasteiger partial charge in [0.05, 0.1) is 5.52 Å². The molecule has 1 fully saturated rings. The number of nitrogens with zero attached hydrogens (tertiary/aromatic N) is 4. The predicted molar refractivity (Wildman–Crippen MR) is 111 cm³/mol. The van der Waals surface area contributed by atoms with Crippen molar-refractivity contribution >= 4 is 17.0 Å². The second-order valence-corrected chi connectivity index (χ2v) is 7.63. The lowest BCUT2D eigenvalue weighted by molar-refractivity contribution is -0.132. The Kier molecular flexibility index (Phi) is 4.85. The van der Waals surface area contributed by atoms with Gasteiger partial charge in [-0.25, -0.2) is 14.2 Å². The largest absolute Gasteiger partial charge is 0.420 e. The monoisotopic (exact) mass is 421 g/mol. The number of H-pyrrole nitrogens is 1. The molecule has 0 radical (unpaired) electrons. The number of likely N-dealkylation sites (tertiary alicyclic amines) is 1. The number of halogens is 1. The summed E-state index contributed by atoms with van der Waals surface area (Å²) in [5, 5.41) is 7.23. The molecule has 31 heavy (non-hydrogen) atoms. The van der Waals surface area contributed by atoms with Crippen molar-refractivity contribution in [2.45, 2.75) is 25.3 Å². The molecule has 1 aliphatic heterocycles. The molecular weight excluding hydrogens is 401 g/mol. The van der Waals surface area contributed by atoms with Crippen molar-refractivity contribution in [1.82, 2.24) is 24.6 Å². The Morgan fingerprint density at radius 3 is 2.65 bits per heavy atom. The number of piperidine rings is 1. The number of nitrogens with one attached hydrogen (secondary N) is 1. The molecule has 158 valence electrons.